The van der Waals surface area contributed by atoms with Gasteiger partial charge < -0.3 is 5.32 Å². The molecule has 0 aliphatic carbocycles. The van der Waals surface area contributed by atoms with Crippen molar-refractivity contribution >= 4 is 17.4 Å². The third kappa shape index (κ3) is 6.38. The predicted octanol–water partition coefficient (Wildman–Crippen LogP) is 5.67. The summed E-state index contributed by atoms with van der Waals surface area (Å²) < 4.78 is 0. The lowest BCUT2D eigenvalue weighted by molar-refractivity contribution is 0.441. The van der Waals surface area contributed by atoms with Gasteiger partial charge in [-0.3, -0.25) is 0 Å². The van der Waals surface area contributed by atoms with Crippen LogP contribution in [-0.2, 0) is 0 Å². The number of hydrogen-bond donors (Lipinski definition) is 1. The lowest BCUT2D eigenvalue weighted by Crippen LogP contribution is -2.23. The highest BCUT2D eigenvalue weighted by Crippen LogP contribution is 2.29. The van der Waals surface area contributed by atoms with E-state index in [1.54, 1.807) is 0 Å². The van der Waals surface area contributed by atoms with E-state index in [1.807, 2.05) is 11.8 Å². The van der Waals surface area contributed by atoms with Crippen molar-refractivity contribution in [3.05, 3.63) is 24.3 Å². The minimum atomic E-state index is 0.582. The standard InChI is InChI=1S/C17H29NS/c1-6-19-17-10-8-7-9-16(17)18-15(11-13(2)3)12-14(4)5/h7-10,13-15,18H,6,11-12H2,1-5H3. The molecule has 19 heavy (non-hydrogen) atoms. The molecule has 0 saturated heterocycles. The van der Waals surface area contributed by atoms with Crippen molar-refractivity contribution in [1.82, 2.24) is 0 Å². The quantitative estimate of drug-likeness (QED) is 0.615. The Morgan fingerprint density at radius 3 is 2.11 bits per heavy atom. The SMILES string of the molecule is CCSc1ccccc1NC(CC(C)C)CC(C)C. The molecule has 0 heterocycles. The Balaban J connectivity index is 2.76. The van der Waals surface area contributed by atoms with Crippen molar-refractivity contribution < 1.29 is 0 Å². The fourth-order valence-corrected chi connectivity index (χ4v) is 3.21. The molecule has 1 aromatic rings. The topological polar surface area (TPSA) is 12.0 Å². The Labute approximate surface area is 123 Å². The Morgan fingerprint density at radius 2 is 1.58 bits per heavy atom. The van der Waals surface area contributed by atoms with Gasteiger partial charge in [0, 0.05) is 16.6 Å². The van der Waals surface area contributed by atoms with Crippen LogP contribution < -0.4 is 5.32 Å². The van der Waals surface area contributed by atoms with Gasteiger partial charge in [0.1, 0.15) is 0 Å². The van der Waals surface area contributed by atoms with Gasteiger partial charge in [0.25, 0.3) is 0 Å². The van der Waals surface area contributed by atoms with Gasteiger partial charge in [-0.15, -0.1) is 11.8 Å². The van der Waals surface area contributed by atoms with Gasteiger partial charge in [-0.25, -0.2) is 0 Å². The van der Waals surface area contributed by atoms with Crippen molar-refractivity contribution in [1.29, 1.82) is 0 Å². The third-order valence-corrected chi connectivity index (χ3v) is 4.01. The molecule has 0 aromatic heterocycles. The van der Waals surface area contributed by atoms with Gasteiger partial charge in [0.05, 0.1) is 0 Å². The maximum absolute atomic E-state index is 3.77. The van der Waals surface area contributed by atoms with Crippen LogP contribution in [-0.4, -0.2) is 11.8 Å². The molecule has 0 aliphatic rings. The van der Waals surface area contributed by atoms with Gasteiger partial charge in [-0.1, -0.05) is 46.8 Å². The Morgan fingerprint density at radius 1 is 1.00 bits per heavy atom. The maximum atomic E-state index is 3.77. The van der Waals surface area contributed by atoms with E-state index in [9.17, 15) is 0 Å². The average Bonchev–Trinajstić information content (AvgIpc) is 2.30. The molecule has 1 aromatic carbocycles. The third-order valence-electron chi connectivity index (χ3n) is 3.06. The second-order valence-electron chi connectivity index (χ2n) is 6.03. The second-order valence-corrected chi connectivity index (χ2v) is 7.34. The first-order chi connectivity index (χ1) is 9.02. The smallest absolute Gasteiger partial charge is 0.0480 e. The molecule has 2 heteroatoms. The summed E-state index contributed by atoms with van der Waals surface area (Å²) in [5.74, 6) is 2.60. The van der Waals surface area contributed by atoms with Crippen molar-refractivity contribution in [2.45, 2.75) is 58.4 Å². The number of hydrogen-bond acceptors (Lipinski definition) is 2. The molecule has 0 spiro atoms. The molecule has 0 atom stereocenters. The fraction of sp³-hybridized carbons (Fsp3) is 0.647. The van der Waals surface area contributed by atoms with Crippen molar-refractivity contribution in [3.8, 4) is 0 Å². The summed E-state index contributed by atoms with van der Waals surface area (Å²) in [5.41, 5.74) is 1.31. The molecule has 0 fully saturated rings. The van der Waals surface area contributed by atoms with Crippen LogP contribution in [0.25, 0.3) is 0 Å². The summed E-state index contributed by atoms with van der Waals surface area (Å²) in [6.07, 6.45) is 2.48. The van der Waals surface area contributed by atoms with Crippen LogP contribution >= 0.6 is 11.8 Å². The molecule has 0 amide bonds. The Hall–Kier alpha value is -0.630. The van der Waals surface area contributed by atoms with Crippen LogP contribution in [0.1, 0.15) is 47.5 Å². The minimum absolute atomic E-state index is 0.582. The molecule has 1 nitrogen and oxygen atoms in total. The van der Waals surface area contributed by atoms with Gasteiger partial charge >= 0.3 is 0 Å². The van der Waals surface area contributed by atoms with Gasteiger partial charge in [-0.2, -0.15) is 0 Å². The second kappa shape index (κ2) is 8.52. The van der Waals surface area contributed by atoms with Crippen molar-refractivity contribution in [2.75, 3.05) is 11.1 Å². The maximum Gasteiger partial charge on any atom is 0.0480 e. The first kappa shape index (κ1) is 16.4. The molecule has 1 N–H and O–H groups in total. The number of benzene rings is 1. The molecule has 108 valence electrons. The van der Waals surface area contributed by atoms with E-state index >= 15 is 0 Å². The average molecular weight is 279 g/mol. The highest BCUT2D eigenvalue weighted by molar-refractivity contribution is 7.99. The molecule has 0 saturated carbocycles. The van der Waals surface area contributed by atoms with E-state index in [1.165, 1.54) is 23.4 Å². The molecular formula is C17H29NS. The van der Waals surface area contributed by atoms with Crippen LogP contribution in [0.2, 0.25) is 0 Å². The summed E-state index contributed by atoms with van der Waals surface area (Å²) in [7, 11) is 0. The zero-order chi connectivity index (χ0) is 14.3. The first-order valence-electron chi connectivity index (χ1n) is 7.51. The number of rotatable bonds is 8. The van der Waals surface area contributed by atoms with Crippen LogP contribution in [0.15, 0.2) is 29.2 Å². The fourth-order valence-electron chi connectivity index (χ4n) is 2.44. The van der Waals surface area contributed by atoms with Gasteiger partial charge in [0.15, 0.2) is 0 Å². The largest absolute Gasteiger partial charge is 0.381 e. The van der Waals surface area contributed by atoms with E-state index in [0.29, 0.717) is 6.04 Å². The summed E-state index contributed by atoms with van der Waals surface area (Å²) >= 11 is 1.92. The number of anilines is 1. The zero-order valence-corrected chi connectivity index (χ0v) is 13.9. The van der Waals surface area contributed by atoms with E-state index in [2.05, 4.69) is 64.2 Å². The van der Waals surface area contributed by atoms with Crippen molar-refractivity contribution in [2.24, 2.45) is 11.8 Å². The lowest BCUT2D eigenvalue weighted by atomic mass is 9.95. The summed E-state index contributed by atoms with van der Waals surface area (Å²) in [4.78, 5) is 1.38. The van der Waals surface area contributed by atoms with Crippen LogP contribution in [0.3, 0.4) is 0 Å². The van der Waals surface area contributed by atoms with E-state index in [4.69, 9.17) is 0 Å². The lowest BCUT2D eigenvalue weighted by Gasteiger charge is -2.24. The monoisotopic (exact) mass is 279 g/mol. The van der Waals surface area contributed by atoms with Gasteiger partial charge in [-0.05, 0) is 42.6 Å². The van der Waals surface area contributed by atoms with E-state index in [0.717, 1.165) is 17.6 Å². The highest BCUT2D eigenvalue weighted by Gasteiger charge is 2.14. The zero-order valence-electron chi connectivity index (χ0n) is 13.1. The molecule has 0 aliphatic heterocycles. The number of nitrogens with one attached hydrogen (secondary N) is 1. The first-order valence-corrected chi connectivity index (χ1v) is 8.49. The number of para-hydroxylation sites is 1. The predicted molar refractivity (Wildman–Crippen MR) is 89.2 cm³/mol. The Kier molecular flexibility index (Phi) is 7.37. The van der Waals surface area contributed by atoms with E-state index < -0.39 is 0 Å². The Bertz CT molecular complexity index is 350. The molecular weight excluding hydrogens is 250 g/mol. The molecule has 1 rings (SSSR count). The summed E-state index contributed by atoms with van der Waals surface area (Å²) in [6.45, 7) is 11.4. The minimum Gasteiger partial charge on any atom is -0.381 e. The summed E-state index contributed by atoms with van der Waals surface area (Å²) in [6, 6.07) is 9.27. The van der Waals surface area contributed by atoms with Crippen LogP contribution in [0, 0.1) is 11.8 Å². The number of thioether (sulfide) groups is 1. The molecule has 0 bridgehead atoms. The normalized spacial score (nSPS) is 11.6. The summed E-state index contributed by atoms with van der Waals surface area (Å²) in [5, 5.41) is 3.77. The van der Waals surface area contributed by atoms with Crippen molar-refractivity contribution in [3.63, 3.8) is 0 Å². The van der Waals surface area contributed by atoms with Crippen LogP contribution in [0.4, 0.5) is 5.69 Å². The highest BCUT2D eigenvalue weighted by atomic mass is 32.2. The van der Waals surface area contributed by atoms with Gasteiger partial charge in [0.2, 0.25) is 0 Å². The molecule has 0 unspecified atom stereocenters. The van der Waals surface area contributed by atoms with E-state index in [-0.39, 0.29) is 0 Å². The van der Waals surface area contributed by atoms with Crippen LogP contribution in [0.5, 0.6) is 0 Å². The molecule has 0 radical (unpaired) electrons.